The van der Waals surface area contributed by atoms with Gasteiger partial charge >= 0.3 is 0 Å². The van der Waals surface area contributed by atoms with Crippen LogP contribution in [0.1, 0.15) is 23.2 Å². The summed E-state index contributed by atoms with van der Waals surface area (Å²) >= 11 is 0. The van der Waals surface area contributed by atoms with Gasteiger partial charge in [0, 0.05) is 19.7 Å². The Hall–Kier alpha value is -1.58. The number of halogens is 1. The molecule has 1 saturated carbocycles. The Labute approximate surface area is 93.8 Å². The fourth-order valence-electron chi connectivity index (χ4n) is 1.35. The van der Waals surface area contributed by atoms with E-state index in [0.717, 1.165) is 12.8 Å². The number of hydrogen-bond acceptors (Lipinski definition) is 2. The lowest BCUT2D eigenvalue weighted by Crippen LogP contribution is -2.21. The maximum absolute atomic E-state index is 13.4. The Morgan fingerprint density at radius 3 is 2.69 bits per heavy atom. The summed E-state index contributed by atoms with van der Waals surface area (Å²) in [7, 11) is 3.32. The molecule has 0 heterocycles. The molecule has 1 aromatic rings. The fourth-order valence-corrected chi connectivity index (χ4v) is 1.35. The van der Waals surface area contributed by atoms with Crippen LogP contribution >= 0.6 is 0 Å². The Bertz CT molecular complexity index is 413. The highest BCUT2D eigenvalue weighted by Crippen LogP contribution is 2.29. The molecule has 0 N–H and O–H groups in total. The molecular weight excluding hydrogens is 209 g/mol. The molecule has 0 radical (unpaired) electrons. The molecule has 1 amide bonds. The van der Waals surface area contributed by atoms with Gasteiger partial charge < -0.3 is 9.64 Å². The van der Waals surface area contributed by atoms with E-state index in [1.165, 1.54) is 23.1 Å². The predicted molar refractivity (Wildman–Crippen MR) is 58.1 cm³/mol. The van der Waals surface area contributed by atoms with Gasteiger partial charge in [-0.15, -0.1) is 0 Å². The molecule has 0 spiro atoms. The van der Waals surface area contributed by atoms with Crippen LogP contribution in [0, 0.1) is 5.82 Å². The summed E-state index contributed by atoms with van der Waals surface area (Å²) in [5.74, 6) is -0.391. The van der Waals surface area contributed by atoms with E-state index in [4.69, 9.17) is 4.74 Å². The van der Waals surface area contributed by atoms with E-state index in [0.29, 0.717) is 5.56 Å². The van der Waals surface area contributed by atoms with Crippen LogP contribution in [-0.4, -0.2) is 31.0 Å². The molecule has 16 heavy (non-hydrogen) atoms. The van der Waals surface area contributed by atoms with Crippen LogP contribution in [-0.2, 0) is 0 Å². The lowest BCUT2D eigenvalue weighted by molar-refractivity contribution is 0.0827. The van der Waals surface area contributed by atoms with Gasteiger partial charge in [0.1, 0.15) is 0 Å². The predicted octanol–water partition coefficient (Wildman–Crippen LogP) is 2.07. The van der Waals surface area contributed by atoms with Crippen molar-refractivity contribution < 1.29 is 13.9 Å². The number of hydrogen-bond donors (Lipinski definition) is 0. The summed E-state index contributed by atoms with van der Waals surface area (Å²) in [5.41, 5.74) is 0.446. The van der Waals surface area contributed by atoms with Crippen LogP contribution in [0.2, 0.25) is 0 Å². The third-order valence-electron chi connectivity index (χ3n) is 2.40. The van der Waals surface area contributed by atoms with E-state index in [1.807, 2.05) is 0 Å². The molecule has 86 valence electrons. The number of carbonyl (C=O) groups excluding carboxylic acids is 1. The van der Waals surface area contributed by atoms with Crippen LogP contribution in [0.4, 0.5) is 4.39 Å². The van der Waals surface area contributed by atoms with Gasteiger partial charge in [-0.25, -0.2) is 4.39 Å². The molecule has 0 aromatic heterocycles. The maximum atomic E-state index is 13.4. The van der Waals surface area contributed by atoms with Crippen molar-refractivity contribution in [2.45, 2.75) is 18.9 Å². The minimum atomic E-state index is -0.415. The second kappa shape index (κ2) is 4.12. The summed E-state index contributed by atoms with van der Waals surface area (Å²) in [6.45, 7) is 0. The zero-order chi connectivity index (χ0) is 11.7. The van der Waals surface area contributed by atoms with Crippen molar-refractivity contribution in [2.24, 2.45) is 0 Å². The van der Waals surface area contributed by atoms with Crippen LogP contribution in [0.15, 0.2) is 18.2 Å². The van der Waals surface area contributed by atoms with Crippen molar-refractivity contribution in [3.63, 3.8) is 0 Å². The van der Waals surface area contributed by atoms with E-state index in [2.05, 4.69) is 0 Å². The summed E-state index contributed by atoms with van der Waals surface area (Å²) in [4.78, 5) is 13.1. The molecule has 1 aliphatic carbocycles. The number of amides is 1. The van der Waals surface area contributed by atoms with Gasteiger partial charge in [0.25, 0.3) is 5.91 Å². The molecule has 0 atom stereocenters. The second-order valence-electron chi connectivity index (χ2n) is 4.16. The normalized spacial score (nSPS) is 14.7. The standard InChI is InChI=1S/C12H14FNO2/c1-14(2)12(15)8-3-6-10(13)11(7-8)16-9-4-5-9/h3,6-7,9H,4-5H2,1-2H3. The van der Waals surface area contributed by atoms with Crippen molar-refractivity contribution in [1.29, 1.82) is 0 Å². The Balaban J connectivity index is 2.23. The monoisotopic (exact) mass is 223 g/mol. The van der Waals surface area contributed by atoms with Gasteiger partial charge in [-0.3, -0.25) is 4.79 Å². The Kier molecular flexibility index (Phi) is 2.81. The van der Waals surface area contributed by atoms with Gasteiger partial charge in [0.15, 0.2) is 11.6 Å². The number of rotatable bonds is 3. The van der Waals surface area contributed by atoms with Crippen molar-refractivity contribution in [2.75, 3.05) is 14.1 Å². The van der Waals surface area contributed by atoms with E-state index >= 15 is 0 Å². The Morgan fingerprint density at radius 2 is 2.12 bits per heavy atom. The number of nitrogens with zero attached hydrogens (tertiary/aromatic N) is 1. The zero-order valence-electron chi connectivity index (χ0n) is 9.37. The van der Waals surface area contributed by atoms with Crippen LogP contribution in [0.25, 0.3) is 0 Å². The third kappa shape index (κ3) is 2.32. The SMILES string of the molecule is CN(C)C(=O)c1ccc(F)c(OC2CC2)c1. The fraction of sp³-hybridized carbons (Fsp3) is 0.417. The summed E-state index contributed by atoms with van der Waals surface area (Å²) in [5, 5.41) is 0. The third-order valence-corrected chi connectivity index (χ3v) is 2.40. The lowest BCUT2D eigenvalue weighted by atomic mass is 10.2. The molecule has 1 aliphatic rings. The van der Waals surface area contributed by atoms with Crippen molar-refractivity contribution in [3.05, 3.63) is 29.6 Å². The molecule has 1 fully saturated rings. The molecular formula is C12H14FNO2. The number of ether oxygens (including phenoxy) is 1. The number of benzene rings is 1. The van der Waals surface area contributed by atoms with Gasteiger partial charge in [-0.05, 0) is 31.0 Å². The molecule has 3 nitrogen and oxygen atoms in total. The van der Waals surface area contributed by atoms with Gasteiger partial charge in [0.05, 0.1) is 6.10 Å². The van der Waals surface area contributed by atoms with Crippen molar-refractivity contribution in [1.82, 2.24) is 4.90 Å². The average molecular weight is 223 g/mol. The highest BCUT2D eigenvalue weighted by molar-refractivity contribution is 5.94. The first-order chi connectivity index (χ1) is 7.58. The van der Waals surface area contributed by atoms with Crippen LogP contribution < -0.4 is 4.74 Å². The van der Waals surface area contributed by atoms with E-state index in [1.54, 1.807) is 14.1 Å². The summed E-state index contributed by atoms with van der Waals surface area (Å²) in [6.07, 6.45) is 2.05. The topological polar surface area (TPSA) is 29.5 Å². The van der Waals surface area contributed by atoms with E-state index < -0.39 is 5.82 Å². The molecule has 0 aliphatic heterocycles. The highest BCUT2D eigenvalue weighted by Gasteiger charge is 2.25. The van der Waals surface area contributed by atoms with Crippen molar-refractivity contribution >= 4 is 5.91 Å². The summed E-state index contributed by atoms with van der Waals surface area (Å²) in [6, 6.07) is 4.21. The number of carbonyl (C=O) groups is 1. The smallest absolute Gasteiger partial charge is 0.253 e. The zero-order valence-corrected chi connectivity index (χ0v) is 9.37. The average Bonchev–Trinajstić information content (AvgIpc) is 3.04. The van der Waals surface area contributed by atoms with Crippen LogP contribution in [0.5, 0.6) is 5.75 Å². The van der Waals surface area contributed by atoms with Gasteiger partial charge in [0.2, 0.25) is 0 Å². The second-order valence-corrected chi connectivity index (χ2v) is 4.16. The van der Waals surface area contributed by atoms with Crippen LogP contribution in [0.3, 0.4) is 0 Å². The van der Waals surface area contributed by atoms with Gasteiger partial charge in [-0.1, -0.05) is 0 Å². The highest BCUT2D eigenvalue weighted by atomic mass is 19.1. The lowest BCUT2D eigenvalue weighted by Gasteiger charge is -2.12. The first-order valence-electron chi connectivity index (χ1n) is 5.26. The van der Waals surface area contributed by atoms with Crippen molar-refractivity contribution in [3.8, 4) is 5.75 Å². The van der Waals surface area contributed by atoms with E-state index in [-0.39, 0.29) is 17.8 Å². The van der Waals surface area contributed by atoms with Gasteiger partial charge in [-0.2, -0.15) is 0 Å². The molecule has 0 unspecified atom stereocenters. The molecule has 0 saturated heterocycles. The van der Waals surface area contributed by atoms with E-state index in [9.17, 15) is 9.18 Å². The minimum absolute atomic E-state index is 0.124. The quantitative estimate of drug-likeness (QED) is 0.785. The molecule has 4 heteroatoms. The minimum Gasteiger partial charge on any atom is -0.487 e. The first kappa shape index (κ1) is 10.9. The first-order valence-corrected chi connectivity index (χ1v) is 5.26. The Morgan fingerprint density at radius 1 is 1.44 bits per heavy atom. The molecule has 2 rings (SSSR count). The molecule has 0 bridgehead atoms. The molecule has 1 aromatic carbocycles. The summed E-state index contributed by atoms with van der Waals surface area (Å²) < 4.78 is 18.8. The largest absolute Gasteiger partial charge is 0.487 e. The maximum Gasteiger partial charge on any atom is 0.253 e.